The van der Waals surface area contributed by atoms with Crippen LogP contribution in [0.1, 0.15) is 69.1 Å². The number of aromatic nitrogens is 1. The van der Waals surface area contributed by atoms with Gasteiger partial charge in [0.2, 0.25) is 0 Å². The molecule has 2 aliphatic heterocycles. The molecule has 3 heterocycles. The Hall–Kier alpha value is -5.42. The van der Waals surface area contributed by atoms with Crippen LogP contribution < -0.4 is 11.1 Å². The standard InChI is InChI=1S/C27H24N2.C18H15N.2C2H6.CH5N/c1-18-15-21(17-28(2)16-18)29-24-13-11-19-7-3-5-9-22(19)26(24)27-23-10-6-4-8-20(23)12-14-25(27)29;1-2-7-14(8-3-1)17-18(19-17)16-11-10-13-6-4-5-9-15(13)12-16;3*1-2/h3-11,13,15,17H,12,14,16H2,1-2H3;1-12,17-19H;2*1-2H3;2H2,1H3. The molecular formula is C50H56N4. The predicted molar refractivity (Wildman–Crippen MR) is 235 cm³/mol. The smallest absolute Gasteiger partial charge is 0.0617 e. The molecular weight excluding hydrogens is 657 g/mol. The molecule has 0 saturated carbocycles. The van der Waals surface area contributed by atoms with Gasteiger partial charge in [-0.2, -0.15) is 0 Å². The monoisotopic (exact) mass is 712 g/mol. The van der Waals surface area contributed by atoms with Crippen molar-refractivity contribution in [1.29, 1.82) is 0 Å². The first-order valence-corrected chi connectivity index (χ1v) is 19.7. The van der Waals surface area contributed by atoms with Crippen molar-refractivity contribution in [1.82, 2.24) is 14.8 Å². The lowest BCUT2D eigenvalue weighted by molar-refractivity contribution is 0.490. The SMILES string of the molecule is CC.CC.CC1=CC(n2c3c(c4c5ccccc5ccc42)-c2ccccc2CC3)=CN(C)C1.CN.c1ccc(C2NC2c2ccc3ccccc3c2)cc1. The van der Waals surface area contributed by atoms with Crippen molar-refractivity contribution >= 4 is 38.1 Å². The van der Waals surface area contributed by atoms with E-state index in [2.05, 4.69) is 180 Å². The Kier molecular flexibility index (Phi) is 12.5. The van der Waals surface area contributed by atoms with E-state index in [1.54, 1.807) is 0 Å². The molecule has 276 valence electrons. The second-order valence-electron chi connectivity index (χ2n) is 13.6. The molecule has 7 aromatic rings. The largest absolute Gasteiger partial charge is 0.375 e. The highest BCUT2D eigenvalue weighted by Crippen LogP contribution is 2.46. The average molecular weight is 713 g/mol. The van der Waals surface area contributed by atoms with Crippen LogP contribution in [0.25, 0.3) is 49.3 Å². The van der Waals surface area contributed by atoms with Gasteiger partial charge in [0, 0.05) is 36.4 Å². The second-order valence-corrected chi connectivity index (χ2v) is 13.6. The third-order valence-corrected chi connectivity index (χ3v) is 10.3. The molecule has 6 aromatic carbocycles. The Morgan fingerprint density at radius 1 is 0.630 bits per heavy atom. The number of nitrogens with one attached hydrogen (secondary N) is 1. The molecule has 1 saturated heterocycles. The summed E-state index contributed by atoms with van der Waals surface area (Å²) in [5.41, 5.74) is 17.0. The molecule has 4 heteroatoms. The summed E-state index contributed by atoms with van der Waals surface area (Å²) >= 11 is 0. The zero-order chi connectivity index (χ0) is 38.2. The van der Waals surface area contributed by atoms with E-state index in [0.29, 0.717) is 12.1 Å². The zero-order valence-corrected chi connectivity index (χ0v) is 33.1. The van der Waals surface area contributed by atoms with Gasteiger partial charge in [0.25, 0.3) is 0 Å². The number of nitrogens with two attached hydrogens (primary N) is 1. The summed E-state index contributed by atoms with van der Waals surface area (Å²) in [6, 6.07) is 49.2. The van der Waals surface area contributed by atoms with Gasteiger partial charge in [-0.05, 0) is 88.8 Å². The lowest BCUT2D eigenvalue weighted by Crippen LogP contribution is -2.19. The Bertz CT molecular complexity index is 2400. The number of rotatable bonds is 3. The van der Waals surface area contributed by atoms with E-state index in [1.165, 1.54) is 84.3 Å². The summed E-state index contributed by atoms with van der Waals surface area (Å²) < 4.78 is 2.52. The number of likely N-dealkylation sites (N-methyl/N-ethyl adjacent to an activating group) is 1. The van der Waals surface area contributed by atoms with E-state index < -0.39 is 0 Å². The van der Waals surface area contributed by atoms with Crippen LogP contribution in [-0.4, -0.2) is 30.1 Å². The highest BCUT2D eigenvalue weighted by molar-refractivity contribution is 6.16. The second kappa shape index (κ2) is 17.6. The zero-order valence-electron chi connectivity index (χ0n) is 33.1. The van der Waals surface area contributed by atoms with Crippen molar-refractivity contribution in [3.05, 3.63) is 174 Å². The maximum absolute atomic E-state index is 4.50. The highest BCUT2D eigenvalue weighted by Gasteiger charge is 2.38. The van der Waals surface area contributed by atoms with E-state index >= 15 is 0 Å². The number of hydrogen-bond acceptors (Lipinski definition) is 3. The van der Waals surface area contributed by atoms with Crippen molar-refractivity contribution in [2.75, 3.05) is 20.6 Å². The van der Waals surface area contributed by atoms with Crippen LogP contribution in [0.2, 0.25) is 0 Å². The molecule has 3 N–H and O–H groups in total. The van der Waals surface area contributed by atoms with Crippen LogP contribution in [-0.2, 0) is 12.8 Å². The molecule has 1 aromatic heterocycles. The summed E-state index contributed by atoms with van der Waals surface area (Å²) in [6.07, 6.45) is 6.82. The minimum Gasteiger partial charge on any atom is -0.375 e. The lowest BCUT2D eigenvalue weighted by Gasteiger charge is -2.25. The van der Waals surface area contributed by atoms with Crippen molar-refractivity contribution in [2.45, 2.75) is 59.5 Å². The Morgan fingerprint density at radius 3 is 2.02 bits per heavy atom. The van der Waals surface area contributed by atoms with Crippen molar-refractivity contribution in [2.24, 2.45) is 5.73 Å². The number of allylic oxidation sites excluding steroid dienone is 2. The Balaban J connectivity index is 0.000000172. The van der Waals surface area contributed by atoms with Crippen LogP contribution in [0.5, 0.6) is 0 Å². The first kappa shape index (κ1) is 38.3. The number of hydrogen-bond donors (Lipinski definition) is 2. The van der Waals surface area contributed by atoms with Crippen molar-refractivity contribution < 1.29 is 0 Å². The molecule has 0 bridgehead atoms. The molecule has 2 unspecified atom stereocenters. The van der Waals surface area contributed by atoms with E-state index in [-0.39, 0.29) is 0 Å². The molecule has 10 rings (SSSR count). The first-order chi connectivity index (χ1) is 26.6. The maximum atomic E-state index is 4.50. The van der Waals surface area contributed by atoms with Gasteiger partial charge in [0.15, 0.2) is 0 Å². The van der Waals surface area contributed by atoms with Gasteiger partial charge >= 0.3 is 0 Å². The molecule has 0 radical (unpaired) electrons. The summed E-state index contributed by atoms with van der Waals surface area (Å²) in [5, 5.41) is 10.2. The fraction of sp³-hybridized carbons (Fsp3) is 0.240. The summed E-state index contributed by atoms with van der Waals surface area (Å²) in [7, 11) is 3.67. The molecule has 0 spiro atoms. The molecule has 4 nitrogen and oxygen atoms in total. The van der Waals surface area contributed by atoms with Crippen molar-refractivity contribution in [3.8, 4) is 11.1 Å². The minimum atomic E-state index is 0.465. The quantitative estimate of drug-likeness (QED) is 0.179. The van der Waals surface area contributed by atoms with E-state index in [0.717, 1.165) is 19.4 Å². The average Bonchev–Trinajstić information content (AvgIpc) is 3.97. The molecule has 1 fully saturated rings. The number of benzene rings is 6. The molecule has 0 amide bonds. The minimum absolute atomic E-state index is 0.465. The van der Waals surface area contributed by atoms with Gasteiger partial charge in [-0.15, -0.1) is 0 Å². The molecule has 3 aliphatic rings. The van der Waals surface area contributed by atoms with Crippen LogP contribution in [0.4, 0.5) is 0 Å². The van der Waals surface area contributed by atoms with Crippen LogP contribution >= 0.6 is 0 Å². The fourth-order valence-corrected chi connectivity index (χ4v) is 8.07. The van der Waals surface area contributed by atoms with Gasteiger partial charge in [0.1, 0.15) is 0 Å². The van der Waals surface area contributed by atoms with Crippen molar-refractivity contribution in [3.63, 3.8) is 0 Å². The van der Waals surface area contributed by atoms with E-state index in [1.807, 2.05) is 27.7 Å². The summed E-state index contributed by atoms with van der Waals surface area (Å²) in [6.45, 7) is 11.2. The molecule has 54 heavy (non-hydrogen) atoms. The van der Waals surface area contributed by atoms with E-state index in [4.69, 9.17) is 0 Å². The predicted octanol–water partition coefficient (Wildman–Crippen LogP) is 12.1. The van der Waals surface area contributed by atoms with Crippen LogP contribution in [0, 0.1) is 0 Å². The highest BCUT2D eigenvalue weighted by atomic mass is 15.1. The summed E-state index contributed by atoms with van der Waals surface area (Å²) in [5.74, 6) is 0. The molecule has 1 aliphatic carbocycles. The number of fused-ring (bicyclic) bond motifs is 8. The fourth-order valence-electron chi connectivity index (χ4n) is 8.07. The topological polar surface area (TPSA) is 56.1 Å². The number of aryl methyl sites for hydroxylation is 1. The third-order valence-electron chi connectivity index (χ3n) is 10.3. The lowest BCUT2D eigenvalue weighted by atomic mass is 9.87. The van der Waals surface area contributed by atoms with Crippen LogP contribution in [0.15, 0.2) is 151 Å². The van der Waals surface area contributed by atoms with Gasteiger partial charge in [-0.25, -0.2) is 0 Å². The normalized spacial score (nSPS) is 16.4. The van der Waals surface area contributed by atoms with Gasteiger partial charge in [0.05, 0.1) is 23.3 Å². The third kappa shape index (κ3) is 7.64. The van der Waals surface area contributed by atoms with Gasteiger partial charge in [-0.1, -0.05) is 155 Å². The van der Waals surface area contributed by atoms with Gasteiger partial charge in [-0.3, -0.25) is 5.32 Å². The molecule has 2 atom stereocenters. The number of nitrogens with zero attached hydrogens (tertiary/aromatic N) is 2. The Morgan fingerprint density at radius 2 is 1.26 bits per heavy atom. The van der Waals surface area contributed by atoms with Gasteiger partial charge < -0.3 is 15.2 Å². The maximum Gasteiger partial charge on any atom is 0.0617 e. The summed E-state index contributed by atoms with van der Waals surface area (Å²) in [4.78, 5) is 2.29. The van der Waals surface area contributed by atoms with E-state index in [9.17, 15) is 0 Å². The Labute approximate surface area is 322 Å². The first-order valence-electron chi connectivity index (χ1n) is 19.7. The van der Waals surface area contributed by atoms with Crippen LogP contribution in [0.3, 0.4) is 0 Å².